The zero-order chi connectivity index (χ0) is 14.7. The summed E-state index contributed by atoms with van der Waals surface area (Å²) in [5.74, 6) is 0. The lowest BCUT2D eigenvalue weighted by atomic mass is 10.2. The number of thioether (sulfide) groups is 1. The second-order valence-corrected chi connectivity index (χ2v) is 6.26. The number of benzene rings is 2. The molecule has 0 aliphatic carbocycles. The lowest BCUT2D eigenvalue weighted by Gasteiger charge is -2.11. The first-order valence-corrected chi connectivity index (χ1v) is 7.76. The minimum atomic E-state index is 0.267. The summed E-state index contributed by atoms with van der Waals surface area (Å²) in [4.78, 5) is 0. The maximum atomic E-state index is 5.91. The van der Waals surface area contributed by atoms with E-state index < -0.39 is 0 Å². The Hall–Kier alpha value is -1.85. The van der Waals surface area contributed by atoms with Crippen molar-refractivity contribution in [3.05, 3.63) is 65.2 Å². The van der Waals surface area contributed by atoms with Gasteiger partial charge in [-0.3, -0.25) is 0 Å². The Labute approximate surface area is 132 Å². The summed E-state index contributed by atoms with van der Waals surface area (Å²) in [5, 5.41) is 13.7. The fourth-order valence-electron chi connectivity index (χ4n) is 1.95. The first-order chi connectivity index (χ1) is 10.2. The van der Waals surface area contributed by atoms with Gasteiger partial charge in [-0.1, -0.05) is 53.7 Å². The van der Waals surface area contributed by atoms with Crippen molar-refractivity contribution >= 4 is 23.4 Å². The predicted molar refractivity (Wildman–Crippen MR) is 84.9 cm³/mol. The third-order valence-electron chi connectivity index (χ3n) is 3.06. The molecule has 0 bridgehead atoms. The van der Waals surface area contributed by atoms with Crippen LogP contribution in [0.5, 0.6) is 0 Å². The summed E-state index contributed by atoms with van der Waals surface area (Å²) in [5.41, 5.74) is 2.14. The van der Waals surface area contributed by atoms with Gasteiger partial charge in [-0.15, -0.1) is 5.10 Å². The molecule has 0 fully saturated rings. The molecule has 0 aliphatic heterocycles. The maximum Gasteiger partial charge on any atom is 0.214 e. The summed E-state index contributed by atoms with van der Waals surface area (Å²) >= 11 is 7.53. The molecule has 1 heterocycles. The lowest BCUT2D eigenvalue weighted by Crippen LogP contribution is -2.00. The Morgan fingerprint density at radius 1 is 1.05 bits per heavy atom. The zero-order valence-corrected chi connectivity index (χ0v) is 12.9. The van der Waals surface area contributed by atoms with Gasteiger partial charge in [-0.2, -0.15) is 4.68 Å². The summed E-state index contributed by atoms with van der Waals surface area (Å²) < 4.78 is 1.72. The van der Waals surface area contributed by atoms with Crippen LogP contribution in [0, 0.1) is 0 Å². The molecular weight excluding hydrogens is 304 g/mol. The molecule has 0 saturated heterocycles. The Morgan fingerprint density at radius 3 is 2.48 bits per heavy atom. The highest BCUT2D eigenvalue weighted by molar-refractivity contribution is 7.99. The Bertz CT molecular complexity index is 712. The van der Waals surface area contributed by atoms with E-state index in [1.165, 1.54) is 5.56 Å². The first kappa shape index (κ1) is 14.1. The van der Waals surface area contributed by atoms with E-state index in [4.69, 9.17) is 11.6 Å². The van der Waals surface area contributed by atoms with Crippen LogP contribution in [0.1, 0.15) is 17.7 Å². The summed E-state index contributed by atoms with van der Waals surface area (Å²) in [6, 6.07) is 17.7. The number of rotatable bonds is 4. The standard InChI is InChI=1S/C15H13ClN4S/c1-11(12-5-3-2-4-6-12)21-15-17-18-19-20(15)14-9-7-13(16)8-10-14/h2-11H,1H3/t11-/m0/s1. The molecular formula is C15H13ClN4S. The molecule has 21 heavy (non-hydrogen) atoms. The van der Waals surface area contributed by atoms with Crippen molar-refractivity contribution in [1.29, 1.82) is 0 Å². The summed E-state index contributed by atoms with van der Waals surface area (Å²) in [6.07, 6.45) is 0. The van der Waals surface area contributed by atoms with E-state index in [0.29, 0.717) is 5.02 Å². The van der Waals surface area contributed by atoms with Crippen molar-refractivity contribution in [2.75, 3.05) is 0 Å². The molecule has 0 saturated carbocycles. The minimum Gasteiger partial charge on any atom is -0.187 e. The van der Waals surface area contributed by atoms with E-state index in [1.807, 2.05) is 42.5 Å². The van der Waals surface area contributed by atoms with Crippen molar-refractivity contribution in [2.24, 2.45) is 0 Å². The van der Waals surface area contributed by atoms with E-state index in [1.54, 1.807) is 16.4 Å². The van der Waals surface area contributed by atoms with Crippen molar-refractivity contribution in [3.63, 3.8) is 0 Å². The number of tetrazole rings is 1. The Morgan fingerprint density at radius 2 is 1.76 bits per heavy atom. The fourth-order valence-corrected chi connectivity index (χ4v) is 3.01. The Kier molecular flexibility index (Phi) is 4.22. The number of halogens is 1. The molecule has 0 N–H and O–H groups in total. The van der Waals surface area contributed by atoms with Gasteiger partial charge in [0.25, 0.3) is 0 Å². The van der Waals surface area contributed by atoms with Crippen LogP contribution in [-0.4, -0.2) is 20.2 Å². The van der Waals surface area contributed by atoms with E-state index in [9.17, 15) is 0 Å². The van der Waals surface area contributed by atoms with Crippen LogP contribution in [0.2, 0.25) is 5.02 Å². The largest absolute Gasteiger partial charge is 0.214 e. The van der Waals surface area contributed by atoms with Crippen molar-refractivity contribution in [2.45, 2.75) is 17.3 Å². The molecule has 106 valence electrons. The highest BCUT2D eigenvalue weighted by Crippen LogP contribution is 2.33. The average Bonchev–Trinajstić information content (AvgIpc) is 2.97. The van der Waals surface area contributed by atoms with Gasteiger partial charge in [-0.25, -0.2) is 0 Å². The highest BCUT2D eigenvalue weighted by Gasteiger charge is 2.14. The van der Waals surface area contributed by atoms with Crippen LogP contribution in [0.25, 0.3) is 5.69 Å². The van der Waals surface area contributed by atoms with Gasteiger partial charge >= 0.3 is 0 Å². The SMILES string of the molecule is C[C@H](Sc1nnnn1-c1ccc(Cl)cc1)c1ccccc1. The van der Waals surface area contributed by atoms with E-state index in [2.05, 4.69) is 34.6 Å². The van der Waals surface area contributed by atoms with Crippen molar-refractivity contribution < 1.29 is 0 Å². The van der Waals surface area contributed by atoms with Gasteiger partial charge in [0.15, 0.2) is 0 Å². The second kappa shape index (κ2) is 6.28. The molecule has 2 aromatic carbocycles. The van der Waals surface area contributed by atoms with E-state index >= 15 is 0 Å². The number of hydrogen-bond acceptors (Lipinski definition) is 4. The van der Waals surface area contributed by atoms with Gasteiger partial charge in [0.2, 0.25) is 5.16 Å². The van der Waals surface area contributed by atoms with Crippen LogP contribution < -0.4 is 0 Å². The molecule has 6 heteroatoms. The lowest BCUT2D eigenvalue weighted by molar-refractivity contribution is 0.755. The van der Waals surface area contributed by atoms with Crippen LogP contribution in [0.4, 0.5) is 0 Å². The van der Waals surface area contributed by atoms with Crippen LogP contribution >= 0.6 is 23.4 Å². The number of hydrogen-bond donors (Lipinski definition) is 0. The quantitative estimate of drug-likeness (QED) is 0.678. The predicted octanol–water partition coefficient (Wildman–Crippen LogP) is 4.17. The molecule has 3 aromatic rings. The molecule has 0 spiro atoms. The second-order valence-electron chi connectivity index (χ2n) is 4.52. The molecule has 0 radical (unpaired) electrons. The van der Waals surface area contributed by atoms with E-state index in [-0.39, 0.29) is 5.25 Å². The normalized spacial score (nSPS) is 12.3. The smallest absolute Gasteiger partial charge is 0.187 e. The monoisotopic (exact) mass is 316 g/mol. The first-order valence-electron chi connectivity index (χ1n) is 6.50. The van der Waals surface area contributed by atoms with Crippen LogP contribution in [-0.2, 0) is 0 Å². The van der Waals surface area contributed by atoms with Crippen molar-refractivity contribution in [3.8, 4) is 5.69 Å². The fraction of sp³-hybridized carbons (Fsp3) is 0.133. The Balaban J connectivity index is 1.84. The highest BCUT2D eigenvalue weighted by atomic mass is 35.5. The zero-order valence-electron chi connectivity index (χ0n) is 11.3. The average molecular weight is 317 g/mol. The van der Waals surface area contributed by atoms with Gasteiger partial charge in [0.1, 0.15) is 0 Å². The molecule has 0 amide bonds. The third kappa shape index (κ3) is 3.25. The maximum absolute atomic E-state index is 5.91. The molecule has 1 aromatic heterocycles. The van der Waals surface area contributed by atoms with Crippen LogP contribution in [0.3, 0.4) is 0 Å². The summed E-state index contributed by atoms with van der Waals surface area (Å²) in [6.45, 7) is 2.14. The van der Waals surface area contributed by atoms with Gasteiger partial charge < -0.3 is 0 Å². The third-order valence-corrected chi connectivity index (χ3v) is 4.41. The van der Waals surface area contributed by atoms with Gasteiger partial charge in [-0.05, 0) is 47.2 Å². The molecule has 3 rings (SSSR count). The molecule has 0 aliphatic rings. The summed E-state index contributed by atoms with van der Waals surface area (Å²) in [7, 11) is 0. The number of aromatic nitrogens is 4. The minimum absolute atomic E-state index is 0.267. The topological polar surface area (TPSA) is 43.6 Å². The van der Waals surface area contributed by atoms with E-state index in [0.717, 1.165) is 10.8 Å². The molecule has 1 atom stereocenters. The van der Waals surface area contributed by atoms with Gasteiger partial charge in [0.05, 0.1) is 5.69 Å². The van der Waals surface area contributed by atoms with Crippen LogP contribution in [0.15, 0.2) is 59.8 Å². The van der Waals surface area contributed by atoms with Gasteiger partial charge in [0, 0.05) is 10.3 Å². The number of nitrogens with zero attached hydrogens (tertiary/aromatic N) is 4. The molecule has 4 nitrogen and oxygen atoms in total. The van der Waals surface area contributed by atoms with Crippen molar-refractivity contribution in [1.82, 2.24) is 20.2 Å². The molecule has 0 unspecified atom stereocenters.